The number of hydrogen-bond acceptors (Lipinski definition) is 1. The van der Waals surface area contributed by atoms with Crippen molar-refractivity contribution >= 4 is 6.08 Å². The van der Waals surface area contributed by atoms with Crippen LogP contribution in [0.4, 0.5) is 0 Å². The Balaban J connectivity index is 2.20. The van der Waals surface area contributed by atoms with Gasteiger partial charge in [0.2, 0.25) is 0 Å². The van der Waals surface area contributed by atoms with Crippen LogP contribution in [0.5, 0.6) is 5.75 Å². The van der Waals surface area contributed by atoms with E-state index in [2.05, 4.69) is 24.3 Å². The molecule has 1 N–H and O–H groups in total. The van der Waals surface area contributed by atoms with Gasteiger partial charge < -0.3 is 5.11 Å². The van der Waals surface area contributed by atoms with Gasteiger partial charge in [-0.2, -0.15) is 0 Å². The first-order valence-corrected chi connectivity index (χ1v) is 4.74. The van der Waals surface area contributed by atoms with Crippen molar-refractivity contribution in [2.45, 2.75) is 5.92 Å². The van der Waals surface area contributed by atoms with E-state index in [1.807, 2.05) is 18.2 Å². The van der Waals surface area contributed by atoms with Crippen LogP contribution in [0.25, 0.3) is 6.08 Å². The summed E-state index contributed by atoms with van der Waals surface area (Å²) in [5.41, 5.74) is 3.74. The molecule has 1 heteroatoms. The molecule has 0 amide bonds. The van der Waals surface area contributed by atoms with E-state index in [-0.39, 0.29) is 0 Å². The average molecular weight is 182 g/mol. The third kappa shape index (κ3) is 0.956. The molecule has 0 spiro atoms. The lowest BCUT2D eigenvalue weighted by molar-refractivity contribution is 0.475. The van der Waals surface area contributed by atoms with E-state index in [0.29, 0.717) is 11.7 Å². The Morgan fingerprint density at radius 1 is 1.14 bits per heavy atom. The Hall–Kier alpha value is -1.76. The standard InChI is InChI=1S/C13H10O/c14-11-5-6-13-10(8-11)7-9-3-1-2-4-12(9)13/h1-8,12,14H. The maximum absolute atomic E-state index is 9.36. The molecule has 0 saturated carbocycles. The smallest absolute Gasteiger partial charge is 0.116 e. The molecule has 1 aromatic rings. The van der Waals surface area contributed by atoms with E-state index in [1.165, 1.54) is 11.1 Å². The van der Waals surface area contributed by atoms with Crippen LogP contribution in [-0.2, 0) is 0 Å². The fraction of sp³-hybridized carbons (Fsp3) is 0.0769. The van der Waals surface area contributed by atoms with Gasteiger partial charge in [0.15, 0.2) is 0 Å². The molecule has 1 nitrogen and oxygen atoms in total. The summed E-state index contributed by atoms with van der Waals surface area (Å²) in [6.45, 7) is 0. The highest BCUT2D eigenvalue weighted by Crippen LogP contribution is 2.40. The zero-order chi connectivity index (χ0) is 9.54. The van der Waals surface area contributed by atoms with Gasteiger partial charge in [0.05, 0.1) is 0 Å². The normalized spacial score (nSPS) is 21.7. The molecule has 14 heavy (non-hydrogen) atoms. The lowest BCUT2D eigenvalue weighted by Crippen LogP contribution is -1.95. The summed E-state index contributed by atoms with van der Waals surface area (Å²) < 4.78 is 0. The Kier molecular flexibility index (Phi) is 1.42. The van der Waals surface area contributed by atoms with Crippen LogP contribution >= 0.6 is 0 Å². The number of phenolic OH excluding ortho intramolecular Hbond substituents is 1. The molecule has 1 unspecified atom stereocenters. The maximum atomic E-state index is 9.36. The highest BCUT2D eigenvalue weighted by molar-refractivity contribution is 5.72. The molecule has 0 aromatic heterocycles. The average Bonchev–Trinajstić information content (AvgIpc) is 2.54. The van der Waals surface area contributed by atoms with Crippen molar-refractivity contribution in [3.8, 4) is 5.75 Å². The second-order valence-electron chi connectivity index (χ2n) is 3.68. The molecular weight excluding hydrogens is 172 g/mol. The topological polar surface area (TPSA) is 20.2 Å². The monoisotopic (exact) mass is 182 g/mol. The zero-order valence-electron chi connectivity index (χ0n) is 7.64. The van der Waals surface area contributed by atoms with Gasteiger partial charge >= 0.3 is 0 Å². The zero-order valence-corrected chi connectivity index (χ0v) is 7.64. The van der Waals surface area contributed by atoms with Crippen molar-refractivity contribution in [1.82, 2.24) is 0 Å². The van der Waals surface area contributed by atoms with E-state index >= 15 is 0 Å². The van der Waals surface area contributed by atoms with Crippen LogP contribution in [0.3, 0.4) is 0 Å². The predicted molar refractivity (Wildman–Crippen MR) is 57.1 cm³/mol. The van der Waals surface area contributed by atoms with Gasteiger partial charge in [-0.15, -0.1) is 0 Å². The largest absolute Gasteiger partial charge is 0.508 e. The summed E-state index contributed by atoms with van der Waals surface area (Å²) in [6.07, 6.45) is 10.6. The van der Waals surface area contributed by atoms with Crippen molar-refractivity contribution in [3.05, 3.63) is 59.2 Å². The van der Waals surface area contributed by atoms with Crippen molar-refractivity contribution in [1.29, 1.82) is 0 Å². The first-order valence-electron chi connectivity index (χ1n) is 4.74. The summed E-state index contributed by atoms with van der Waals surface area (Å²) in [4.78, 5) is 0. The van der Waals surface area contributed by atoms with Gasteiger partial charge in [0, 0.05) is 5.92 Å². The lowest BCUT2D eigenvalue weighted by atomic mass is 9.92. The Labute approximate surface area is 82.7 Å². The first-order chi connectivity index (χ1) is 6.84. The molecule has 2 aliphatic rings. The number of benzene rings is 1. The number of allylic oxidation sites excluding steroid dienone is 5. The van der Waals surface area contributed by atoms with E-state index in [1.54, 1.807) is 6.07 Å². The number of aromatic hydroxyl groups is 1. The number of fused-ring (bicyclic) bond motifs is 3. The van der Waals surface area contributed by atoms with Gasteiger partial charge in [0.25, 0.3) is 0 Å². The van der Waals surface area contributed by atoms with Gasteiger partial charge in [0.1, 0.15) is 5.75 Å². The Morgan fingerprint density at radius 3 is 3.00 bits per heavy atom. The van der Waals surface area contributed by atoms with Gasteiger partial charge in [-0.25, -0.2) is 0 Å². The third-order valence-corrected chi connectivity index (χ3v) is 2.79. The molecule has 0 radical (unpaired) electrons. The quantitative estimate of drug-likeness (QED) is 0.654. The summed E-state index contributed by atoms with van der Waals surface area (Å²) >= 11 is 0. The number of phenols is 1. The fourth-order valence-electron chi connectivity index (χ4n) is 2.13. The summed E-state index contributed by atoms with van der Waals surface area (Å²) in [6, 6.07) is 5.58. The first kappa shape index (κ1) is 7.63. The molecule has 0 fully saturated rings. The number of hydrogen-bond donors (Lipinski definition) is 1. The molecule has 1 atom stereocenters. The SMILES string of the molecule is Oc1ccc2c(c1)C=C1C=CC=CC12. The van der Waals surface area contributed by atoms with Gasteiger partial charge in [-0.3, -0.25) is 0 Å². The van der Waals surface area contributed by atoms with E-state index in [9.17, 15) is 5.11 Å². The molecular formula is C13H10O. The summed E-state index contributed by atoms with van der Waals surface area (Å²) in [7, 11) is 0. The van der Waals surface area contributed by atoms with Crippen LogP contribution in [0.15, 0.2) is 48.1 Å². The van der Waals surface area contributed by atoms with E-state index in [0.717, 1.165) is 5.56 Å². The minimum absolute atomic E-state index is 0.340. The minimum atomic E-state index is 0.340. The molecule has 68 valence electrons. The highest BCUT2D eigenvalue weighted by atomic mass is 16.3. The minimum Gasteiger partial charge on any atom is -0.508 e. The highest BCUT2D eigenvalue weighted by Gasteiger charge is 2.22. The second kappa shape index (κ2) is 2.61. The van der Waals surface area contributed by atoms with Crippen LogP contribution in [0, 0.1) is 0 Å². The molecule has 0 saturated heterocycles. The molecule has 0 heterocycles. The van der Waals surface area contributed by atoms with Crippen molar-refractivity contribution in [2.24, 2.45) is 0 Å². The van der Waals surface area contributed by atoms with Crippen LogP contribution in [-0.4, -0.2) is 5.11 Å². The molecule has 3 rings (SSSR count). The van der Waals surface area contributed by atoms with Crippen LogP contribution in [0.2, 0.25) is 0 Å². The lowest BCUT2D eigenvalue weighted by Gasteiger charge is -2.11. The fourth-order valence-corrected chi connectivity index (χ4v) is 2.13. The number of rotatable bonds is 0. The Morgan fingerprint density at radius 2 is 2.07 bits per heavy atom. The maximum Gasteiger partial charge on any atom is 0.116 e. The van der Waals surface area contributed by atoms with Crippen molar-refractivity contribution in [3.63, 3.8) is 0 Å². The Bertz CT molecular complexity index is 478. The van der Waals surface area contributed by atoms with Gasteiger partial charge in [-0.05, 0) is 28.8 Å². The van der Waals surface area contributed by atoms with Crippen molar-refractivity contribution in [2.75, 3.05) is 0 Å². The van der Waals surface area contributed by atoms with Gasteiger partial charge in [-0.1, -0.05) is 36.4 Å². The second-order valence-corrected chi connectivity index (χ2v) is 3.68. The van der Waals surface area contributed by atoms with Crippen LogP contribution < -0.4 is 0 Å². The molecule has 1 aromatic carbocycles. The third-order valence-electron chi connectivity index (χ3n) is 2.79. The molecule has 0 bridgehead atoms. The predicted octanol–water partition coefficient (Wildman–Crippen LogP) is 3.00. The van der Waals surface area contributed by atoms with Crippen molar-refractivity contribution < 1.29 is 5.11 Å². The molecule has 0 aliphatic heterocycles. The van der Waals surface area contributed by atoms with E-state index < -0.39 is 0 Å². The van der Waals surface area contributed by atoms with Crippen LogP contribution in [0.1, 0.15) is 17.0 Å². The molecule has 2 aliphatic carbocycles. The summed E-state index contributed by atoms with van der Waals surface area (Å²) in [5.74, 6) is 0.739. The van der Waals surface area contributed by atoms with E-state index in [4.69, 9.17) is 0 Å². The summed E-state index contributed by atoms with van der Waals surface area (Å²) in [5, 5.41) is 9.36.